The second-order valence-electron chi connectivity index (χ2n) is 4.77. The highest BCUT2D eigenvalue weighted by Gasteiger charge is 2.24. The van der Waals surface area contributed by atoms with Gasteiger partial charge in [0.25, 0.3) is 9.05 Å². The molecular weight excluding hydrogens is 316 g/mol. The number of hydrogen-bond acceptors (Lipinski definition) is 4. The lowest BCUT2D eigenvalue weighted by Crippen LogP contribution is -2.12. The molecule has 0 spiro atoms. The Balaban J connectivity index is 1.79. The van der Waals surface area contributed by atoms with Crippen LogP contribution >= 0.6 is 22.4 Å². The molecule has 0 bridgehead atoms. The van der Waals surface area contributed by atoms with Crippen molar-refractivity contribution in [2.24, 2.45) is 0 Å². The fourth-order valence-corrected chi connectivity index (χ4v) is 4.39. The average molecular weight is 329 g/mol. The molecule has 0 saturated carbocycles. The lowest BCUT2D eigenvalue weighted by atomic mass is 10.1. The average Bonchev–Trinajstić information content (AvgIpc) is 2.93. The smallest absolute Gasteiger partial charge is 0.280 e. The normalized spacial score (nSPS) is 18.2. The third-order valence-corrected chi connectivity index (χ3v) is 5.79. The van der Waals surface area contributed by atoms with Crippen molar-refractivity contribution in [2.45, 2.75) is 35.1 Å². The molecule has 106 valence electrons. The molecule has 3 rings (SSSR count). The highest BCUT2D eigenvalue weighted by Crippen LogP contribution is 2.37. The van der Waals surface area contributed by atoms with E-state index in [4.69, 9.17) is 10.7 Å². The molecule has 1 atom stereocenters. The summed E-state index contributed by atoms with van der Waals surface area (Å²) in [6, 6.07) is 8.34. The molecule has 1 unspecified atom stereocenters. The largest absolute Gasteiger partial charge is 0.333 e. The molecule has 2 heterocycles. The molecule has 1 aliphatic rings. The molecule has 1 aromatic heterocycles. The highest BCUT2D eigenvalue weighted by molar-refractivity contribution is 8.13. The minimum Gasteiger partial charge on any atom is -0.333 e. The van der Waals surface area contributed by atoms with Crippen molar-refractivity contribution in [2.75, 3.05) is 0 Å². The van der Waals surface area contributed by atoms with Crippen molar-refractivity contribution in [3.8, 4) is 0 Å². The van der Waals surface area contributed by atoms with Crippen LogP contribution in [0.1, 0.15) is 11.4 Å². The zero-order valence-corrected chi connectivity index (χ0v) is 13.2. The van der Waals surface area contributed by atoms with E-state index in [1.165, 1.54) is 16.7 Å². The van der Waals surface area contributed by atoms with Crippen LogP contribution in [0.4, 0.5) is 0 Å². The molecule has 4 nitrogen and oxygen atoms in total. The van der Waals surface area contributed by atoms with Gasteiger partial charge in [0.2, 0.25) is 0 Å². The summed E-state index contributed by atoms with van der Waals surface area (Å²) in [6.45, 7) is 2.52. The van der Waals surface area contributed by atoms with Gasteiger partial charge in [-0.25, -0.2) is 13.4 Å². The molecule has 0 fully saturated rings. The number of rotatable bonds is 3. The molecule has 1 aromatic carbocycles. The summed E-state index contributed by atoms with van der Waals surface area (Å²) < 4.78 is 24.5. The monoisotopic (exact) mass is 328 g/mol. The van der Waals surface area contributed by atoms with E-state index < -0.39 is 9.05 Å². The van der Waals surface area contributed by atoms with Gasteiger partial charge in [0, 0.05) is 33.6 Å². The third kappa shape index (κ3) is 2.73. The van der Waals surface area contributed by atoms with Crippen molar-refractivity contribution < 1.29 is 8.42 Å². The summed E-state index contributed by atoms with van der Waals surface area (Å²) in [6.07, 6.45) is 2.50. The SMILES string of the molecule is Cc1nc(S(=O)(=O)Cl)cn1CC1Cc2ccccc2S1. The maximum Gasteiger partial charge on any atom is 0.280 e. The summed E-state index contributed by atoms with van der Waals surface area (Å²) in [5.41, 5.74) is 1.35. The highest BCUT2D eigenvalue weighted by atomic mass is 35.7. The Kier molecular flexibility index (Phi) is 3.56. The summed E-state index contributed by atoms with van der Waals surface area (Å²) in [4.78, 5) is 5.31. The molecule has 20 heavy (non-hydrogen) atoms. The maximum absolute atomic E-state index is 11.3. The van der Waals surface area contributed by atoms with Crippen LogP contribution in [-0.4, -0.2) is 23.2 Å². The van der Waals surface area contributed by atoms with Crippen LogP contribution in [0.15, 0.2) is 40.4 Å². The van der Waals surface area contributed by atoms with E-state index >= 15 is 0 Å². The van der Waals surface area contributed by atoms with Crippen LogP contribution in [0.2, 0.25) is 0 Å². The molecule has 0 saturated heterocycles. The fraction of sp³-hybridized carbons (Fsp3) is 0.308. The van der Waals surface area contributed by atoms with Crippen LogP contribution in [0.5, 0.6) is 0 Å². The molecule has 0 amide bonds. The number of nitrogens with zero attached hydrogens (tertiary/aromatic N) is 2. The number of aromatic nitrogens is 2. The van der Waals surface area contributed by atoms with Gasteiger partial charge in [-0.2, -0.15) is 0 Å². The predicted octanol–water partition coefficient (Wildman–Crippen LogP) is 2.84. The first-order chi connectivity index (χ1) is 9.43. The van der Waals surface area contributed by atoms with E-state index in [1.54, 1.807) is 6.92 Å². The van der Waals surface area contributed by atoms with Crippen LogP contribution in [-0.2, 0) is 22.0 Å². The minimum atomic E-state index is -3.76. The number of halogens is 1. The van der Waals surface area contributed by atoms with E-state index in [1.807, 2.05) is 28.5 Å². The summed E-state index contributed by atoms with van der Waals surface area (Å²) >= 11 is 1.83. The summed E-state index contributed by atoms with van der Waals surface area (Å²) in [5, 5.41) is 0.323. The van der Waals surface area contributed by atoms with Crippen molar-refractivity contribution in [3.05, 3.63) is 41.9 Å². The van der Waals surface area contributed by atoms with Gasteiger partial charge in [0.15, 0.2) is 5.03 Å². The molecule has 0 aliphatic carbocycles. The van der Waals surface area contributed by atoms with E-state index in [0.29, 0.717) is 11.1 Å². The van der Waals surface area contributed by atoms with Gasteiger partial charge in [-0.15, -0.1) is 11.8 Å². The van der Waals surface area contributed by atoms with Gasteiger partial charge in [0.05, 0.1) is 0 Å². The van der Waals surface area contributed by atoms with E-state index in [9.17, 15) is 8.42 Å². The number of thioether (sulfide) groups is 1. The number of fused-ring (bicyclic) bond motifs is 1. The second-order valence-corrected chi connectivity index (χ2v) is 8.62. The van der Waals surface area contributed by atoms with Gasteiger partial charge in [0.1, 0.15) is 5.82 Å². The van der Waals surface area contributed by atoms with Crippen LogP contribution in [0.25, 0.3) is 0 Å². The topological polar surface area (TPSA) is 52.0 Å². The van der Waals surface area contributed by atoms with Gasteiger partial charge >= 0.3 is 0 Å². The quantitative estimate of drug-likeness (QED) is 0.813. The van der Waals surface area contributed by atoms with Crippen molar-refractivity contribution >= 4 is 31.5 Å². The Bertz CT molecular complexity index is 730. The number of imidazole rings is 1. The number of aryl methyl sites for hydroxylation is 1. The third-order valence-electron chi connectivity index (χ3n) is 3.32. The first-order valence-electron chi connectivity index (χ1n) is 6.16. The zero-order valence-electron chi connectivity index (χ0n) is 10.8. The van der Waals surface area contributed by atoms with E-state index in [2.05, 4.69) is 17.1 Å². The van der Waals surface area contributed by atoms with Crippen molar-refractivity contribution in [1.82, 2.24) is 9.55 Å². The van der Waals surface area contributed by atoms with E-state index in [0.717, 1.165) is 13.0 Å². The Morgan fingerprint density at radius 2 is 2.20 bits per heavy atom. The molecule has 2 aromatic rings. The van der Waals surface area contributed by atoms with Crippen LogP contribution in [0, 0.1) is 6.92 Å². The number of hydrogen-bond donors (Lipinski definition) is 0. The van der Waals surface area contributed by atoms with Crippen molar-refractivity contribution in [1.29, 1.82) is 0 Å². The van der Waals surface area contributed by atoms with Gasteiger partial charge in [-0.05, 0) is 25.0 Å². The number of benzene rings is 1. The van der Waals surface area contributed by atoms with Gasteiger partial charge < -0.3 is 4.57 Å². The second kappa shape index (κ2) is 5.09. The molecule has 0 N–H and O–H groups in total. The lowest BCUT2D eigenvalue weighted by Gasteiger charge is -2.10. The Hall–Kier alpha value is -0.980. The summed E-state index contributed by atoms with van der Waals surface area (Å²) in [7, 11) is 1.57. The Morgan fingerprint density at radius 1 is 1.45 bits per heavy atom. The zero-order chi connectivity index (χ0) is 14.3. The predicted molar refractivity (Wildman–Crippen MR) is 79.8 cm³/mol. The van der Waals surface area contributed by atoms with Gasteiger partial charge in [-0.1, -0.05) is 18.2 Å². The standard InChI is InChI=1S/C13H13ClN2O2S2/c1-9-15-13(20(14,17)18)8-16(9)7-11-6-10-4-2-3-5-12(10)19-11/h2-5,8,11H,6-7H2,1H3. The lowest BCUT2D eigenvalue weighted by molar-refractivity contribution is 0.606. The fourth-order valence-electron chi connectivity index (χ4n) is 2.36. The molecule has 0 radical (unpaired) electrons. The van der Waals surface area contributed by atoms with Gasteiger partial charge in [-0.3, -0.25) is 0 Å². The van der Waals surface area contributed by atoms with Crippen LogP contribution in [0.3, 0.4) is 0 Å². The van der Waals surface area contributed by atoms with Crippen LogP contribution < -0.4 is 0 Å². The minimum absolute atomic E-state index is 0.0721. The first-order valence-corrected chi connectivity index (χ1v) is 9.35. The molecule has 7 heteroatoms. The van der Waals surface area contributed by atoms with E-state index in [-0.39, 0.29) is 5.03 Å². The first kappa shape index (κ1) is 14.0. The Morgan fingerprint density at radius 3 is 2.85 bits per heavy atom. The van der Waals surface area contributed by atoms with Crippen molar-refractivity contribution in [3.63, 3.8) is 0 Å². The molecule has 1 aliphatic heterocycles. The molecular formula is C13H13ClN2O2S2. The Labute approximate surface area is 126 Å². The summed E-state index contributed by atoms with van der Waals surface area (Å²) in [5.74, 6) is 0.667. The maximum atomic E-state index is 11.3.